The average molecular weight is 292 g/mol. The summed E-state index contributed by atoms with van der Waals surface area (Å²) in [6.45, 7) is 0.618. The molecule has 2 aromatic rings. The van der Waals surface area contributed by atoms with Crippen molar-refractivity contribution in [2.75, 3.05) is 11.9 Å². The lowest BCUT2D eigenvalue weighted by molar-refractivity contribution is 0.917. The van der Waals surface area contributed by atoms with Crippen molar-refractivity contribution in [2.45, 2.75) is 6.54 Å². The van der Waals surface area contributed by atoms with Crippen molar-refractivity contribution in [1.29, 1.82) is 5.26 Å². The molecule has 1 aromatic carbocycles. The fourth-order valence-electron chi connectivity index (χ4n) is 1.70. The lowest BCUT2D eigenvalue weighted by Gasteiger charge is -2.19. The highest BCUT2D eigenvalue weighted by Crippen LogP contribution is 2.27. The Balaban J connectivity index is 2.18. The molecule has 0 unspecified atom stereocenters. The number of aromatic nitrogens is 1. The van der Waals surface area contributed by atoms with Crippen molar-refractivity contribution in [3.8, 4) is 6.07 Å². The van der Waals surface area contributed by atoms with Gasteiger partial charge in [-0.3, -0.25) is 0 Å². The van der Waals surface area contributed by atoms with Crippen molar-refractivity contribution >= 4 is 28.9 Å². The third-order valence-electron chi connectivity index (χ3n) is 2.74. The number of nitrogens with zero attached hydrogens (tertiary/aromatic N) is 3. The van der Waals surface area contributed by atoms with Crippen LogP contribution in [-0.2, 0) is 6.54 Å². The van der Waals surface area contributed by atoms with Gasteiger partial charge in [0.2, 0.25) is 0 Å². The Morgan fingerprint density at radius 1 is 1.26 bits per heavy atom. The van der Waals surface area contributed by atoms with Gasteiger partial charge >= 0.3 is 0 Å². The second kappa shape index (κ2) is 5.92. The molecule has 0 aliphatic rings. The Hall–Kier alpha value is -1.76. The molecule has 0 saturated carbocycles. The number of hydrogen-bond donors (Lipinski definition) is 0. The summed E-state index contributed by atoms with van der Waals surface area (Å²) in [6, 6.07) is 11.1. The zero-order chi connectivity index (χ0) is 13.8. The van der Waals surface area contributed by atoms with Gasteiger partial charge in [-0.05, 0) is 23.8 Å². The highest BCUT2D eigenvalue weighted by molar-refractivity contribution is 6.42. The van der Waals surface area contributed by atoms with E-state index >= 15 is 0 Å². The first-order chi connectivity index (χ1) is 9.11. The SMILES string of the molecule is CN(Cc1cccc(Cl)c1Cl)c1ccc(C#N)nc1. The quantitative estimate of drug-likeness (QED) is 0.861. The Bertz CT molecular complexity index is 618. The van der Waals surface area contributed by atoms with Crippen LogP contribution in [0.4, 0.5) is 5.69 Å². The van der Waals surface area contributed by atoms with Crippen LogP contribution in [0.25, 0.3) is 0 Å². The van der Waals surface area contributed by atoms with Crippen molar-refractivity contribution < 1.29 is 0 Å². The predicted molar refractivity (Wildman–Crippen MR) is 77.5 cm³/mol. The van der Waals surface area contributed by atoms with Crippen LogP contribution in [-0.4, -0.2) is 12.0 Å². The Morgan fingerprint density at radius 2 is 2.05 bits per heavy atom. The van der Waals surface area contributed by atoms with Crippen LogP contribution in [0.3, 0.4) is 0 Å². The standard InChI is InChI=1S/C14H11Cl2N3/c1-19(12-6-5-11(7-17)18-8-12)9-10-3-2-4-13(15)14(10)16/h2-6,8H,9H2,1H3. The van der Waals surface area contributed by atoms with E-state index in [4.69, 9.17) is 28.5 Å². The molecule has 1 aromatic heterocycles. The van der Waals surface area contributed by atoms with E-state index in [2.05, 4.69) is 4.98 Å². The molecule has 0 aliphatic carbocycles. The lowest BCUT2D eigenvalue weighted by Crippen LogP contribution is -2.16. The van der Waals surface area contributed by atoms with E-state index in [-0.39, 0.29) is 0 Å². The predicted octanol–water partition coefficient (Wildman–Crippen LogP) is 3.90. The zero-order valence-corrected chi connectivity index (χ0v) is 11.8. The molecule has 2 rings (SSSR count). The second-order valence-electron chi connectivity index (χ2n) is 4.08. The first-order valence-electron chi connectivity index (χ1n) is 5.62. The van der Waals surface area contributed by atoms with Gasteiger partial charge in [0.25, 0.3) is 0 Å². The van der Waals surface area contributed by atoms with Gasteiger partial charge in [0.15, 0.2) is 0 Å². The molecule has 0 spiro atoms. The lowest BCUT2D eigenvalue weighted by atomic mass is 10.2. The van der Waals surface area contributed by atoms with Crippen LogP contribution in [0.15, 0.2) is 36.5 Å². The van der Waals surface area contributed by atoms with Crippen LogP contribution < -0.4 is 4.90 Å². The molecule has 0 aliphatic heterocycles. The number of anilines is 1. The first kappa shape index (κ1) is 13.7. The van der Waals surface area contributed by atoms with Gasteiger partial charge in [-0.2, -0.15) is 5.26 Å². The number of hydrogen-bond acceptors (Lipinski definition) is 3. The summed E-state index contributed by atoms with van der Waals surface area (Å²) in [5, 5.41) is 9.83. The highest BCUT2D eigenvalue weighted by Gasteiger charge is 2.08. The molecular weight excluding hydrogens is 281 g/mol. The van der Waals surface area contributed by atoms with Crippen LogP contribution in [0.5, 0.6) is 0 Å². The maximum Gasteiger partial charge on any atom is 0.140 e. The smallest absolute Gasteiger partial charge is 0.140 e. The molecule has 0 amide bonds. The van der Waals surface area contributed by atoms with Crippen LogP contribution in [0, 0.1) is 11.3 Å². The molecule has 0 N–H and O–H groups in total. The second-order valence-corrected chi connectivity index (χ2v) is 4.87. The van der Waals surface area contributed by atoms with Crippen LogP contribution >= 0.6 is 23.2 Å². The first-order valence-corrected chi connectivity index (χ1v) is 6.37. The van der Waals surface area contributed by atoms with Crippen molar-refractivity contribution in [3.63, 3.8) is 0 Å². The van der Waals surface area contributed by atoms with Gasteiger partial charge in [0.1, 0.15) is 11.8 Å². The van der Waals surface area contributed by atoms with Gasteiger partial charge in [0.05, 0.1) is 21.9 Å². The maximum absolute atomic E-state index is 8.71. The maximum atomic E-state index is 8.71. The summed E-state index contributed by atoms with van der Waals surface area (Å²) < 4.78 is 0. The molecule has 0 atom stereocenters. The van der Waals surface area contributed by atoms with E-state index in [1.54, 1.807) is 18.3 Å². The van der Waals surface area contributed by atoms with Crippen molar-refractivity contribution in [3.05, 3.63) is 57.8 Å². The van der Waals surface area contributed by atoms with Gasteiger partial charge in [-0.1, -0.05) is 35.3 Å². The van der Waals surface area contributed by atoms with Gasteiger partial charge in [0, 0.05) is 13.6 Å². The number of benzene rings is 1. The number of nitriles is 1. The molecule has 0 radical (unpaired) electrons. The fourth-order valence-corrected chi connectivity index (χ4v) is 2.08. The Morgan fingerprint density at radius 3 is 2.68 bits per heavy atom. The van der Waals surface area contributed by atoms with E-state index in [0.29, 0.717) is 22.3 Å². The van der Waals surface area contributed by atoms with E-state index in [9.17, 15) is 0 Å². The summed E-state index contributed by atoms with van der Waals surface area (Å²) >= 11 is 12.1. The topological polar surface area (TPSA) is 39.9 Å². The van der Waals surface area contributed by atoms with E-state index < -0.39 is 0 Å². The summed E-state index contributed by atoms with van der Waals surface area (Å²) in [6.07, 6.45) is 1.66. The largest absolute Gasteiger partial charge is 0.369 e. The minimum atomic E-state index is 0.401. The van der Waals surface area contributed by atoms with Gasteiger partial charge < -0.3 is 4.90 Å². The van der Waals surface area contributed by atoms with Gasteiger partial charge in [-0.15, -0.1) is 0 Å². The third kappa shape index (κ3) is 3.17. The molecule has 19 heavy (non-hydrogen) atoms. The van der Waals surface area contributed by atoms with Crippen LogP contribution in [0.2, 0.25) is 10.0 Å². The Kier molecular flexibility index (Phi) is 4.26. The molecule has 0 fully saturated rings. The monoisotopic (exact) mass is 291 g/mol. The summed E-state index contributed by atoms with van der Waals surface area (Å²) in [5.41, 5.74) is 2.26. The number of rotatable bonds is 3. The minimum absolute atomic E-state index is 0.401. The number of pyridine rings is 1. The van der Waals surface area contributed by atoms with E-state index in [1.165, 1.54) is 0 Å². The molecule has 5 heteroatoms. The van der Waals surface area contributed by atoms with E-state index in [1.807, 2.05) is 36.2 Å². The normalized spacial score (nSPS) is 10.0. The van der Waals surface area contributed by atoms with Gasteiger partial charge in [-0.25, -0.2) is 4.98 Å². The molecule has 3 nitrogen and oxygen atoms in total. The van der Waals surface area contributed by atoms with Crippen molar-refractivity contribution in [1.82, 2.24) is 4.98 Å². The summed E-state index contributed by atoms with van der Waals surface area (Å²) in [7, 11) is 1.93. The summed E-state index contributed by atoms with van der Waals surface area (Å²) in [5.74, 6) is 0. The fraction of sp³-hybridized carbons (Fsp3) is 0.143. The van der Waals surface area contributed by atoms with E-state index in [0.717, 1.165) is 11.3 Å². The Labute approximate surface area is 122 Å². The van der Waals surface area contributed by atoms with Crippen LogP contribution in [0.1, 0.15) is 11.3 Å². The molecule has 0 bridgehead atoms. The third-order valence-corrected chi connectivity index (χ3v) is 3.60. The number of halogens is 2. The molecule has 0 saturated heterocycles. The molecular formula is C14H11Cl2N3. The summed E-state index contributed by atoms with van der Waals surface area (Å²) in [4.78, 5) is 6.03. The zero-order valence-electron chi connectivity index (χ0n) is 10.3. The average Bonchev–Trinajstić information content (AvgIpc) is 2.44. The molecule has 1 heterocycles. The highest BCUT2D eigenvalue weighted by atomic mass is 35.5. The minimum Gasteiger partial charge on any atom is -0.369 e. The van der Waals surface area contributed by atoms with Crippen molar-refractivity contribution in [2.24, 2.45) is 0 Å². The molecule has 96 valence electrons.